The van der Waals surface area contributed by atoms with Crippen LogP contribution in [0.3, 0.4) is 0 Å². The van der Waals surface area contributed by atoms with E-state index in [-0.39, 0.29) is 4.88 Å². The van der Waals surface area contributed by atoms with Gasteiger partial charge >= 0.3 is 5.97 Å². The zero-order chi connectivity index (χ0) is 16.6. The molecule has 8 heteroatoms. The summed E-state index contributed by atoms with van der Waals surface area (Å²) in [6, 6.07) is 10.3. The summed E-state index contributed by atoms with van der Waals surface area (Å²) in [5.74, 6) is -0.967. The topological polar surface area (TPSA) is 96.4 Å². The number of thiophene rings is 1. The Kier molecular flexibility index (Phi) is 3.78. The standard InChI is InChI=1S/C15H12N2O4S2/c1-23(20,21)17-12-4-2-9(3-5-12)11-6-10-7-13(15(18)19)22-14(10)16-8-11/h2-8,17H,1H3,(H,18,19). The van der Waals surface area contributed by atoms with E-state index in [2.05, 4.69) is 9.71 Å². The van der Waals surface area contributed by atoms with Crippen LogP contribution >= 0.6 is 11.3 Å². The molecule has 6 nitrogen and oxygen atoms in total. The summed E-state index contributed by atoms with van der Waals surface area (Å²) in [6.45, 7) is 0. The second kappa shape index (κ2) is 5.64. The molecular formula is C15H12N2O4S2. The normalized spacial score (nSPS) is 11.5. The lowest BCUT2D eigenvalue weighted by Crippen LogP contribution is -2.09. The van der Waals surface area contributed by atoms with Crippen LogP contribution in [0.1, 0.15) is 9.67 Å². The SMILES string of the molecule is CS(=O)(=O)Nc1ccc(-c2cnc3sc(C(=O)O)cc3c2)cc1. The maximum atomic E-state index is 11.2. The van der Waals surface area contributed by atoms with Crippen molar-refractivity contribution in [3.05, 3.63) is 47.5 Å². The predicted molar refractivity (Wildman–Crippen MR) is 90.5 cm³/mol. The van der Waals surface area contributed by atoms with E-state index < -0.39 is 16.0 Å². The smallest absolute Gasteiger partial charge is 0.345 e. The highest BCUT2D eigenvalue weighted by molar-refractivity contribution is 7.92. The Morgan fingerprint density at radius 2 is 1.87 bits per heavy atom. The van der Waals surface area contributed by atoms with Crippen LogP contribution in [0, 0.1) is 0 Å². The van der Waals surface area contributed by atoms with Gasteiger partial charge in [0, 0.05) is 22.8 Å². The number of pyridine rings is 1. The van der Waals surface area contributed by atoms with Crippen LogP contribution in [0.5, 0.6) is 0 Å². The Balaban J connectivity index is 1.94. The van der Waals surface area contributed by atoms with Gasteiger partial charge in [-0.2, -0.15) is 0 Å². The lowest BCUT2D eigenvalue weighted by Gasteiger charge is -2.05. The van der Waals surface area contributed by atoms with E-state index in [4.69, 9.17) is 5.11 Å². The van der Waals surface area contributed by atoms with Crippen molar-refractivity contribution < 1.29 is 18.3 Å². The molecule has 118 valence electrons. The zero-order valence-corrected chi connectivity index (χ0v) is 13.6. The number of carboxylic acids is 1. The Bertz CT molecular complexity index is 992. The van der Waals surface area contributed by atoms with Gasteiger partial charge in [-0.15, -0.1) is 11.3 Å². The van der Waals surface area contributed by atoms with E-state index in [0.717, 1.165) is 34.1 Å². The van der Waals surface area contributed by atoms with Crippen LogP contribution in [0.4, 0.5) is 5.69 Å². The number of sulfonamides is 1. The Hall–Kier alpha value is -2.45. The van der Waals surface area contributed by atoms with Crippen LogP contribution in [0.25, 0.3) is 21.3 Å². The van der Waals surface area contributed by atoms with Crippen molar-refractivity contribution in [2.45, 2.75) is 0 Å². The fraction of sp³-hybridized carbons (Fsp3) is 0.0667. The van der Waals surface area contributed by atoms with Crippen molar-refractivity contribution >= 4 is 43.2 Å². The lowest BCUT2D eigenvalue weighted by atomic mass is 10.1. The van der Waals surface area contributed by atoms with Gasteiger partial charge in [-0.1, -0.05) is 12.1 Å². The molecule has 0 aliphatic carbocycles. The number of rotatable bonds is 4. The summed E-state index contributed by atoms with van der Waals surface area (Å²) in [6.07, 6.45) is 2.76. The molecule has 0 radical (unpaired) electrons. The summed E-state index contributed by atoms with van der Waals surface area (Å²) < 4.78 is 24.8. The second-order valence-corrected chi connectivity index (χ2v) is 7.76. The Labute approximate surface area is 136 Å². The van der Waals surface area contributed by atoms with Crippen molar-refractivity contribution in [2.75, 3.05) is 11.0 Å². The molecule has 0 spiro atoms. The molecule has 2 N–H and O–H groups in total. The number of nitrogens with zero attached hydrogens (tertiary/aromatic N) is 1. The largest absolute Gasteiger partial charge is 0.477 e. The van der Waals surface area contributed by atoms with Crippen LogP contribution in [0.15, 0.2) is 42.6 Å². The molecule has 3 rings (SSSR count). The van der Waals surface area contributed by atoms with Gasteiger partial charge in [0.05, 0.1) is 6.26 Å². The first-order valence-corrected chi connectivity index (χ1v) is 9.24. The quantitative estimate of drug-likeness (QED) is 0.755. The lowest BCUT2D eigenvalue weighted by molar-refractivity contribution is 0.0702. The number of nitrogens with one attached hydrogen (secondary N) is 1. The molecule has 0 amide bonds. The van der Waals surface area contributed by atoms with Crippen LogP contribution in [-0.4, -0.2) is 30.7 Å². The molecule has 0 atom stereocenters. The minimum Gasteiger partial charge on any atom is -0.477 e. The zero-order valence-electron chi connectivity index (χ0n) is 12.0. The van der Waals surface area contributed by atoms with E-state index in [1.165, 1.54) is 0 Å². The number of anilines is 1. The van der Waals surface area contributed by atoms with E-state index in [9.17, 15) is 13.2 Å². The summed E-state index contributed by atoms with van der Waals surface area (Å²) in [7, 11) is -3.31. The van der Waals surface area contributed by atoms with Gasteiger partial charge in [-0.25, -0.2) is 18.2 Å². The molecule has 0 fully saturated rings. The van der Waals surface area contributed by atoms with Crippen molar-refractivity contribution in [1.82, 2.24) is 4.98 Å². The Morgan fingerprint density at radius 3 is 2.48 bits per heavy atom. The van der Waals surface area contributed by atoms with Gasteiger partial charge in [0.25, 0.3) is 0 Å². The predicted octanol–water partition coefficient (Wildman–Crippen LogP) is 3.03. The molecule has 0 saturated heterocycles. The number of aromatic carboxylic acids is 1. The molecule has 0 unspecified atom stereocenters. The van der Waals surface area contributed by atoms with Crippen molar-refractivity contribution in [1.29, 1.82) is 0 Å². The number of aromatic nitrogens is 1. The summed E-state index contributed by atoms with van der Waals surface area (Å²) in [5, 5.41) is 9.79. The molecule has 2 heterocycles. The molecular weight excluding hydrogens is 336 g/mol. The van der Waals surface area contributed by atoms with E-state index in [1.54, 1.807) is 36.5 Å². The maximum Gasteiger partial charge on any atom is 0.345 e. The molecule has 1 aromatic carbocycles. The highest BCUT2D eigenvalue weighted by atomic mass is 32.2. The molecule has 23 heavy (non-hydrogen) atoms. The third-order valence-corrected chi connectivity index (χ3v) is 4.76. The first kappa shape index (κ1) is 15.4. The van der Waals surface area contributed by atoms with E-state index in [0.29, 0.717) is 10.5 Å². The summed E-state index contributed by atoms with van der Waals surface area (Å²) in [5.41, 5.74) is 2.17. The molecule has 0 aliphatic rings. The van der Waals surface area contributed by atoms with Crippen LogP contribution < -0.4 is 4.72 Å². The number of carbonyl (C=O) groups is 1. The van der Waals surface area contributed by atoms with Gasteiger partial charge in [-0.3, -0.25) is 4.72 Å². The number of hydrogen-bond donors (Lipinski definition) is 2. The third kappa shape index (κ3) is 3.49. The van der Waals surface area contributed by atoms with Gasteiger partial charge in [0.15, 0.2) is 0 Å². The molecule has 0 saturated carbocycles. The summed E-state index contributed by atoms with van der Waals surface area (Å²) in [4.78, 5) is 16.2. The maximum absolute atomic E-state index is 11.2. The van der Waals surface area contributed by atoms with Crippen molar-refractivity contribution in [2.24, 2.45) is 0 Å². The van der Waals surface area contributed by atoms with E-state index >= 15 is 0 Å². The van der Waals surface area contributed by atoms with Gasteiger partial charge in [0.1, 0.15) is 9.71 Å². The average molecular weight is 348 g/mol. The highest BCUT2D eigenvalue weighted by Gasteiger charge is 2.10. The molecule has 3 aromatic rings. The second-order valence-electron chi connectivity index (χ2n) is 4.99. The molecule has 0 bridgehead atoms. The monoisotopic (exact) mass is 348 g/mol. The van der Waals surface area contributed by atoms with Gasteiger partial charge in [-0.05, 0) is 29.8 Å². The highest BCUT2D eigenvalue weighted by Crippen LogP contribution is 2.29. The summed E-state index contributed by atoms with van der Waals surface area (Å²) >= 11 is 1.13. The van der Waals surface area contributed by atoms with Gasteiger partial charge in [0.2, 0.25) is 10.0 Å². The minimum absolute atomic E-state index is 0.248. The first-order valence-electron chi connectivity index (χ1n) is 6.53. The fourth-order valence-electron chi connectivity index (χ4n) is 2.14. The number of carboxylic acid groups (broad SMARTS) is 1. The Morgan fingerprint density at radius 1 is 1.17 bits per heavy atom. The van der Waals surface area contributed by atoms with Crippen LogP contribution in [0.2, 0.25) is 0 Å². The molecule has 2 aromatic heterocycles. The average Bonchev–Trinajstić information content (AvgIpc) is 2.89. The number of hydrogen-bond acceptors (Lipinski definition) is 5. The minimum atomic E-state index is -3.31. The fourth-order valence-corrected chi connectivity index (χ4v) is 3.53. The number of benzene rings is 1. The van der Waals surface area contributed by atoms with Crippen LogP contribution in [-0.2, 0) is 10.0 Å². The van der Waals surface area contributed by atoms with Crippen molar-refractivity contribution in [3.8, 4) is 11.1 Å². The van der Waals surface area contributed by atoms with E-state index in [1.807, 2.05) is 6.07 Å². The third-order valence-electron chi connectivity index (χ3n) is 3.10. The van der Waals surface area contributed by atoms with Crippen molar-refractivity contribution in [3.63, 3.8) is 0 Å². The number of fused-ring (bicyclic) bond motifs is 1. The van der Waals surface area contributed by atoms with Gasteiger partial charge < -0.3 is 5.11 Å². The first-order chi connectivity index (χ1) is 10.8. The molecule has 0 aliphatic heterocycles.